The molecule has 0 unspecified atom stereocenters. The lowest BCUT2D eigenvalue weighted by Crippen LogP contribution is -2.51. The number of hydrogen-bond donors (Lipinski definition) is 0. The summed E-state index contributed by atoms with van der Waals surface area (Å²) < 4.78 is 45.1. The summed E-state index contributed by atoms with van der Waals surface area (Å²) >= 11 is 0. The number of nitrogens with zero attached hydrogens (tertiary/aromatic N) is 1. The molecular weight excluding hydrogens is 375 g/mol. The highest BCUT2D eigenvalue weighted by Gasteiger charge is 2.46. The van der Waals surface area contributed by atoms with Crippen LogP contribution in [0.25, 0.3) is 22.0 Å². The van der Waals surface area contributed by atoms with E-state index in [0.717, 1.165) is 23.0 Å². The van der Waals surface area contributed by atoms with Gasteiger partial charge in [-0.1, -0.05) is 59.7 Å². The van der Waals surface area contributed by atoms with E-state index in [0.29, 0.717) is 22.2 Å². The zero-order valence-electron chi connectivity index (χ0n) is 17.4. The molecule has 150 valence electrons. The molecule has 0 spiro atoms. The van der Waals surface area contributed by atoms with Crippen LogP contribution in [-0.4, -0.2) is 12.5 Å². The minimum Gasteiger partial charge on any atom is -0.373 e. The first kappa shape index (κ1) is 20.7. The smallest absolute Gasteiger partial charge is 0.169 e. The Morgan fingerprint density at radius 3 is 1.79 bits per heavy atom. The van der Waals surface area contributed by atoms with Crippen LogP contribution in [0.3, 0.4) is 0 Å². The van der Waals surface area contributed by atoms with Gasteiger partial charge < -0.3 is 4.23 Å². The third-order valence-electron chi connectivity index (χ3n) is 6.18. The van der Waals surface area contributed by atoms with Crippen LogP contribution in [0.5, 0.6) is 0 Å². The fourth-order valence-electron chi connectivity index (χ4n) is 5.33. The molecule has 5 heteroatoms. The van der Waals surface area contributed by atoms with Gasteiger partial charge >= 0.3 is 0 Å². The van der Waals surface area contributed by atoms with E-state index in [1.807, 2.05) is 30.5 Å². The van der Waals surface area contributed by atoms with Gasteiger partial charge in [-0.2, -0.15) is 0 Å². The third-order valence-corrected chi connectivity index (χ3v) is 12.9. The van der Waals surface area contributed by atoms with Gasteiger partial charge in [-0.3, -0.25) is 0 Å². The molecule has 0 radical (unpaired) electrons. The minimum atomic E-state index is -2.13. The summed E-state index contributed by atoms with van der Waals surface area (Å²) in [5.74, 6) is -2.64. The molecule has 0 N–H and O–H groups in total. The van der Waals surface area contributed by atoms with E-state index < -0.39 is 25.7 Å². The van der Waals surface area contributed by atoms with E-state index >= 15 is 0 Å². The predicted molar refractivity (Wildman–Crippen MR) is 114 cm³/mol. The van der Waals surface area contributed by atoms with Crippen LogP contribution in [0, 0.1) is 17.5 Å². The van der Waals surface area contributed by atoms with Crippen molar-refractivity contribution < 1.29 is 13.2 Å². The van der Waals surface area contributed by atoms with Gasteiger partial charge in [0.2, 0.25) is 0 Å². The van der Waals surface area contributed by atoms with Gasteiger partial charge in [0.25, 0.3) is 0 Å². The number of para-hydroxylation sites is 1. The SMILES string of the molecule is CC(C)[Si](C(C)C)(C(C)C)n1cc(-c2c(F)cc(F)cc2F)c2ccccc21. The quantitative estimate of drug-likeness (QED) is 0.384. The summed E-state index contributed by atoms with van der Waals surface area (Å²) in [6, 6.07) is 9.25. The van der Waals surface area contributed by atoms with Crippen molar-refractivity contribution in [2.75, 3.05) is 0 Å². The largest absolute Gasteiger partial charge is 0.373 e. The molecule has 1 aromatic heterocycles. The molecule has 0 saturated heterocycles. The number of halogens is 3. The molecule has 0 aliphatic rings. The van der Waals surface area contributed by atoms with E-state index in [9.17, 15) is 13.2 Å². The Balaban J connectivity index is 2.43. The molecule has 1 heterocycles. The Morgan fingerprint density at radius 1 is 0.786 bits per heavy atom. The fourth-order valence-corrected chi connectivity index (χ4v) is 12.0. The van der Waals surface area contributed by atoms with Gasteiger partial charge in [-0.25, -0.2) is 13.2 Å². The Bertz CT molecular complexity index is 959. The molecule has 0 saturated carbocycles. The maximum atomic E-state index is 14.6. The van der Waals surface area contributed by atoms with Gasteiger partial charge in [0.15, 0.2) is 8.24 Å². The number of fused-ring (bicyclic) bond motifs is 1. The molecule has 0 aliphatic carbocycles. The molecule has 0 bridgehead atoms. The number of aromatic nitrogens is 1. The Morgan fingerprint density at radius 2 is 1.29 bits per heavy atom. The molecule has 1 nitrogen and oxygen atoms in total. The fraction of sp³-hybridized carbons (Fsp3) is 0.391. The van der Waals surface area contributed by atoms with Crippen molar-refractivity contribution in [2.45, 2.75) is 58.2 Å². The van der Waals surface area contributed by atoms with Crippen molar-refractivity contribution in [3.63, 3.8) is 0 Å². The van der Waals surface area contributed by atoms with Gasteiger partial charge in [0, 0.05) is 34.8 Å². The second-order valence-electron chi connectivity index (χ2n) is 8.53. The second kappa shape index (κ2) is 7.43. The molecule has 0 amide bonds. The van der Waals surface area contributed by atoms with Crippen molar-refractivity contribution >= 4 is 19.1 Å². The predicted octanol–water partition coefficient (Wildman–Crippen LogP) is 7.75. The van der Waals surface area contributed by atoms with E-state index in [-0.39, 0.29) is 5.56 Å². The molecule has 0 aliphatic heterocycles. The van der Waals surface area contributed by atoms with E-state index in [2.05, 4.69) is 45.8 Å². The Hall–Kier alpha value is -2.01. The summed E-state index contributed by atoms with van der Waals surface area (Å²) in [4.78, 5) is 0. The molecule has 3 rings (SSSR count). The first-order valence-corrected chi connectivity index (χ1v) is 12.1. The molecule has 28 heavy (non-hydrogen) atoms. The Labute approximate surface area is 166 Å². The van der Waals surface area contributed by atoms with Gasteiger partial charge in [0.1, 0.15) is 17.5 Å². The monoisotopic (exact) mass is 403 g/mol. The molecule has 0 atom stereocenters. The zero-order valence-corrected chi connectivity index (χ0v) is 18.4. The maximum Gasteiger partial charge on any atom is 0.169 e. The first-order chi connectivity index (χ1) is 13.1. The molecule has 2 aromatic carbocycles. The van der Waals surface area contributed by atoms with Crippen molar-refractivity contribution in [3.05, 3.63) is 60.0 Å². The van der Waals surface area contributed by atoms with Crippen LogP contribution in [0.15, 0.2) is 42.6 Å². The molecular formula is C23H28F3NSi. The van der Waals surface area contributed by atoms with Crippen LogP contribution in [0.1, 0.15) is 41.5 Å². The van der Waals surface area contributed by atoms with Crippen LogP contribution in [0.4, 0.5) is 13.2 Å². The summed E-state index contributed by atoms with van der Waals surface area (Å²) in [7, 11) is -2.13. The maximum absolute atomic E-state index is 14.6. The van der Waals surface area contributed by atoms with Gasteiger partial charge in [0.05, 0.1) is 5.56 Å². The lowest BCUT2D eigenvalue weighted by atomic mass is 10.0. The minimum absolute atomic E-state index is 0.157. The number of rotatable bonds is 5. The van der Waals surface area contributed by atoms with E-state index in [4.69, 9.17) is 0 Å². The van der Waals surface area contributed by atoms with Crippen LogP contribution < -0.4 is 0 Å². The summed E-state index contributed by atoms with van der Waals surface area (Å²) in [6.45, 7) is 13.5. The lowest BCUT2D eigenvalue weighted by molar-refractivity contribution is 0.548. The number of benzene rings is 2. The van der Waals surface area contributed by atoms with Crippen molar-refractivity contribution in [1.82, 2.24) is 4.23 Å². The van der Waals surface area contributed by atoms with Gasteiger partial charge in [-0.05, 0) is 22.7 Å². The standard InChI is InChI=1S/C23H28F3NSi/c1-14(2)28(15(3)4,16(5)6)27-13-19(18-9-7-8-10-22(18)27)23-20(25)11-17(24)12-21(23)26/h7-16H,1-6H3. The van der Waals surface area contributed by atoms with E-state index in [1.165, 1.54) is 0 Å². The normalized spacial score (nSPS) is 12.7. The van der Waals surface area contributed by atoms with Crippen LogP contribution >= 0.6 is 0 Å². The van der Waals surface area contributed by atoms with Crippen molar-refractivity contribution in [2.24, 2.45) is 0 Å². The summed E-state index contributed by atoms with van der Waals surface area (Å²) in [6.07, 6.45) is 1.91. The average molecular weight is 404 g/mol. The highest BCUT2D eigenvalue weighted by Crippen LogP contribution is 2.46. The lowest BCUT2D eigenvalue weighted by Gasteiger charge is -2.44. The third kappa shape index (κ3) is 3.00. The first-order valence-electron chi connectivity index (χ1n) is 9.87. The van der Waals surface area contributed by atoms with Crippen LogP contribution in [0.2, 0.25) is 16.6 Å². The number of hydrogen-bond acceptors (Lipinski definition) is 0. The van der Waals surface area contributed by atoms with Gasteiger partial charge in [-0.15, -0.1) is 0 Å². The zero-order chi connectivity index (χ0) is 20.8. The topological polar surface area (TPSA) is 4.93 Å². The summed E-state index contributed by atoms with van der Waals surface area (Å²) in [5, 5.41) is 0.797. The van der Waals surface area contributed by atoms with E-state index in [1.54, 1.807) is 0 Å². The molecule has 3 aromatic rings. The average Bonchev–Trinajstić information content (AvgIpc) is 2.93. The second-order valence-corrected chi connectivity index (χ2v) is 14.2. The highest BCUT2D eigenvalue weighted by molar-refractivity contribution is 6.82. The molecule has 0 fully saturated rings. The summed E-state index contributed by atoms with van der Waals surface area (Å²) in [5.41, 5.74) is 2.61. The Kier molecular flexibility index (Phi) is 5.50. The van der Waals surface area contributed by atoms with Crippen LogP contribution in [-0.2, 0) is 0 Å². The highest BCUT2D eigenvalue weighted by atomic mass is 28.3. The van der Waals surface area contributed by atoms with Crippen molar-refractivity contribution in [1.29, 1.82) is 0 Å². The van der Waals surface area contributed by atoms with Crippen molar-refractivity contribution in [3.8, 4) is 11.1 Å².